The van der Waals surface area contributed by atoms with Crippen molar-refractivity contribution in [2.45, 2.75) is 77.9 Å². The Kier molecular flexibility index (Phi) is 6.29. The van der Waals surface area contributed by atoms with E-state index < -0.39 is 6.10 Å². The maximum atomic E-state index is 12.5. The second kappa shape index (κ2) is 8.21. The van der Waals surface area contributed by atoms with E-state index in [9.17, 15) is 4.79 Å². The van der Waals surface area contributed by atoms with Crippen LogP contribution >= 0.6 is 0 Å². The molecule has 2 rings (SSSR count). The SMILES string of the molecule is CC[C@H](Oc1cccc(C)c1C)C(=O)NC1CCCCCC1. The van der Waals surface area contributed by atoms with E-state index in [2.05, 4.69) is 18.3 Å². The Balaban J connectivity index is 1.97. The van der Waals surface area contributed by atoms with Crippen LogP contribution in [-0.4, -0.2) is 18.1 Å². The van der Waals surface area contributed by atoms with E-state index in [1.807, 2.05) is 26.0 Å². The summed E-state index contributed by atoms with van der Waals surface area (Å²) in [7, 11) is 0. The highest BCUT2D eigenvalue weighted by molar-refractivity contribution is 5.81. The predicted molar refractivity (Wildman–Crippen MR) is 90.3 cm³/mol. The van der Waals surface area contributed by atoms with Crippen molar-refractivity contribution >= 4 is 5.91 Å². The first-order valence-corrected chi connectivity index (χ1v) is 8.65. The van der Waals surface area contributed by atoms with Gasteiger partial charge in [0.05, 0.1) is 0 Å². The molecule has 3 nitrogen and oxygen atoms in total. The number of hydrogen-bond acceptors (Lipinski definition) is 2. The van der Waals surface area contributed by atoms with Crippen molar-refractivity contribution in [1.29, 1.82) is 0 Å². The number of carbonyl (C=O) groups excluding carboxylic acids is 1. The highest BCUT2D eigenvalue weighted by atomic mass is 16.5. The quantitative estimate of drug-likeness (QED) is 0.824. The molecular weight excluding hydrogens is 274 g/mol. The van der Waals surface area contributed by atoms with Crippen LogP contribution in [0.15, 0.2) is 18.2 Å². The van der Waals surface area contributed by atoms with Gasteiger partial charge in [-0.1, -0.05) is 44.7 Å². The van der Waals surface area contributed by atoms with Crippen molar-refractivity contribution in [1.82, 2.24) is 5.32 Å². The zero-order chi connectivity index (χ0) is 15.9. The van der Waals surface area contributed by atoms with Crippen molar-refractivity contribution in [3.63, 3.8) is 0 Å². The van der Waals surface area contributed by atoms with Crippen LogP contribution < -0.4 is 10.1 Å². The summed E-state index contributed by atoms with van der Waals surface area (Å²) in [5, 5.41) is 3.20. The van der Waals surface area contributed by atoms with Crippen molar-refractivity contribution in [2.24, 2.45) is 0 Å². The molecule has 0 saturated heterocycles. The summed E-state index contributed by atoms with van der Waals surface area (Å²) >= 11 is 0. The third-order valence-corrected chi connectivity index (χ3v) is 4.69. The molecule has 0 aliphatic heterocycles. The molecule has 1 aliphatic carbocycles. The van der Waals surface area contributed by atoms with E-state index in [1.54, 1.807) is 0 Å². The summed E-state index contributed by atoms with van der Waals surface area (Å²) in [6.07, 6.45) is 7.52. The van der Waals surface area contributed by atoms with Crippen LogP contribution in [0.2, 0.25) is 0 Å². The van der Waals surface area contributed by atoms with Gasteiger partial charge in [0, 0.05) is 6.04 Å². The smallest absolute Gasteiger partial charge is 0.261 e. The topological polar surface area (TPSA) is 38.3 Å². The number of carbonyl (C=O) groups is 1. The Morgan fingerprint density at radius 2 is 1.91 bits per heavy atom. The van der Waals surface area contributed by atoms with Crippen LogP contribution in [0.5, 0.6) is 5.75 Å². The summed E-state index contributed by atoms with van der Waals surface area (Å²) in [4.78, 5) is 12.5. The van der Waals surface area contributed by atoms with Gasteiger partial charge < -0.3 is 10.1 Å². The molecule has 22 heavy (non-hydrogen) atoms. The summed E-state index contributed by atoms with van der Waals surface area (Å²) < 4.78 is 6.00. The maximum Gasteiger partial charge on any atom is 0.261 e. The lowest BCUT2D eigenvalue weighted by molar-refractivity contribution is -0.129. The second-order valence-corrected chi connectivity index (χ2v) is 6.41. The van der Waals surface area contributed by atoms with Crippen molar-refractivity contribution in [2.75, 3.05) is 0 Å². The average Bonchev–Trinajstić information content (AvgIpc) is 2.77. The fraction of sp³-hybridized carbons (Fsp3) is 0.632. The third-order valence-electron chi connectivity index (χ3n) is 4.69. The zero-order valence-corrected chi connectivity index (χ0v) is 14.2. The third kappa shape index (κ3) is 4.49. The Morgan fingerprint density at radius 1 is 1.23 bits per heavy atom. The minimum Gasteiger partial charge on any atom is -0.480 e. The van der Waals surface area contributed by atoms with Gasteiger partial charge in [-0.2, -0.15) is 0 Å². The number of nitrogens with one attached hydrogen (secondary N) is 1. The molecule has 3 heteroatoms. The maximum absolute atomic E-state index is 12.5. The fourth-order valence-corrected chi connectivity index (χ4v) is 3.05. The van der Waals surface area contributed by atoms with Crippen molar-refractivity contribution < 1.29 is 9.53 Å². The van der Waals surface area contributed by atoms with Crippen LogP contribution in [-0.2, 0) is 4.79 Å². The van der Waals surface area contributed by atoms with E-state index in [0.717, 1.165) is 24.2 Å². The highest BCUT2D eigenvalue weighted by Crippen LogP contribution is 2.23. The van der Waals surface area contributed by atoms with E-state index in [-0.39, 0.29) is 5.91 Å². The standard InChI is InChI=1S/C19H29NO2/c1-4-17(22-18-13-9-10-14(2)15(18)3)19(21)20-16-11-7-5-6-8-12-16/h9-10,13,16-17H,4-8,11-12H2,1-3H3,(H,20,21)/t17-/m0/s1. The molecule has 1 aromatic rings. The largest absolute Gasteiger partial charge is 0.480 e. The number of rotatable bonds is 5. The van der Waals surface area contributed by atoms with Gasteiger partial charge in [0.15, 0.2) is 6.10 Å². The van der Waals surface area contributed by atoms with Gasteiger partial charge in [0.1, 0.15) is 5.75 Å². The van der Waals surface area contributed by atoms with Gasteiger partial charge in [-0.3, -0.25) is 4.79 Å². The summed E-state index contributed by atoms with van der Waals surface area (Å²) in [6, 6.07) is 6.32. The van der Waals surface area contributed by atoms with Crippen LogP contribution in [0.25, 0.3) is 0 Å². The molecule has 1 fully saturated rings. The zero-order valence-electron chi connectivity index (χ0n) is 14.2. The summed E-state index contributed by atoms with van der Waals surface area (Å²) in [5.74, 6) is 0.859. The predicted octanol–water partition coefficient (Wildman–Crippen LogP) is 4.30. The number of aryl methyl sites for hydroxylation is 1. The van der Waals surface area contributed by atoms with E-state index in [4.69, 9.17) is 4.74 Å². The highest BCUT2D eigenvalue weighted by Gasteiger charge is 2.23. The number of ether oxygens (including phenoxy) is 1. The molecule has 0 heterocycles. The van der Waals surface area contributed by atoms with Crippen molar-refractivity contribution in [3.05, 3.63) is 29.3 Å². The van der Waals surface area contributed by atoms with E-state index in [1.165, 1.54) is 31.2 Å². The minimum atomic E-state index is -0.399. The normalized spacial score (nSPS) is 17.6. The van der Waals surface area contributed by atoms with Crippen LogP contribution in [0.4, 0.5) is 0 Å². The molecule has 0 unspecified atom stereocenters. The van der Waals surface area contributed by atoms with E-state index >= 15 is 0 Å². The van der Waals surface area contributed by atoms with Gasteiger partial charge in [-0.05, 0) is 50.3 Å². The fourth-order valence-electron chi connectivity index (χ4n) is 3.05. The molecule has 0 aromatic heterocycles. The van der Waals surface area contributed by atoms with Crippen LogP contribution in [0.1, 0.15) is 63.0 Å². The first-order chi connectivity index (χ1) is 10.6. The molecular formula is C19H29NO2. The van der Waals surface area contributed by atoms with Gasteiger partial charge in [-0.15, -0.1) is 0 Å². The summed E-state index contributed by atoms with van der Waals surface area (Å²) in [5.41, 5.74) is 2.31. The first kappa shape index (κ1) is 16.9. The lowest BCUT2D eigenvalue weighted by atomic mass is 10.1. The van der Waals surface area contributed by atoms with Crippen LogP contribution in [0, 0.1) is 13.8 Å². The number of hydrogen-bond donors (Lipinski definition) is 1. The molecule has 1 amide bonds. The van der Waals surface area contributed by atoms with Gasteiger partial charge in [0.25, 0.3) is 5.91 Å². The lowest BCUT2D eigenvalue weighted by Gasteiger charge is -2.23. The molecule has 1 aromatic carbocycles. The average molecular weight is 303 g/mol. The van der Waals surface area contributed by atoms with E-state index in [0.29, 0.717) is 12.5 Å². The Morgan fingerprint density at radius 3 is 2.55 bits per heavy atom. The lowest BCUT2D eigenvalue weighted by Crippen LogP contribution is -2.43. The summed E-state index contributed by atoms with van der Waals surface area (Å²) in [6.45, 7) is 6.11. The molecule has 0 spiro atoms. The first-order valence-electron chi connectivity index (χ1n) is 8.65. The Bertz CT molecular complexity index is 490. The molecule has 1 atom stereocenters. The van der Waals surface area contributed by atoms with Crippen LogP contribution in [0.3, 0.4) is 0 Å². The monoisotopic (exact) mass is 303 g/mol. The molecule has 1 saturated carbocycles. The van der Waals surface area contributed by atoms with Gasteiger partial charge >= 0.3 is 0 Å². The molecule has 1 aliphatic rings. The molecule has 0 bridgehead atoms. The molecule has 1 N–H and O–H groups in total. The Labute approximate surface area is 134 Å². The minimum absolute atomic E-state index is 0.0373. The molecule has 122 valence electrons. The Hall–Kier alpha value is -1.51. The number of amides is 1. The van der Waals surface area contributed by atoms with Gasteiger partial charge in [0.2, 0.25) is 0 Å². The number of benzene rings is 1. The molecule has 0 radical (unpaired) electrons. The second-order valence-electron chi connectivity index (χ2n) is 6.41. The van der Waals surface area contributed by atoms with Crippen molar-refractivity contribution in [3.8, 4) is 5.75 Å². The van der Waals surface area contributed by atoms with Gasteiger partial charge in [-0.25, -0.2) is 0 Å².